The number of hydrogen-bond donors (Lipinski definition) is 2. The van der Waals surface area contributed by atoms with E-state index >= 15 is 0 Å². The first-order valence-corrected chi connectivity index (χ1v) is 5.19. The average Bonchev–Trinajstić information content (AvgIpc) is 2.17. The molecule has 15 heavy (non-hydrogen) atoms. The monoisotopic (exact) mass is 210 g/mol. The van der Waals surface area contributed by atoms with Crippen molar-refractivity contribution >= 4 is 5.69 Å². The summed E-state index contributed by atoms with van der Waals surface area (Å²) in [5.74, 6) is -0.252. The molecule has 1 heterocycles. The molecule has 82 valence electrons. The number of rotatable bonds is 2. The molecule has 2 N–H and O–H groups in total. The van der Waals surface area contributed by atoms with Crippen LogP contribution in [0.25, 0.3) is 0 Å². The number of hydrogen-bond acceptors (Lipinski definition) is 3. The summed E-state index contributed by atoms with van der Waals surface area (Å²) >= 11 is 0. The van der Waals surface area contributed by atoms with Crippen LogP contribution < -0.4 is 5.43 Å². The van der Waals surface area contributed by atoms with E-state index in [1.54, 1.807) is 6.07 Å². The quantitative estimate of drug-likeness (QED) is 0.778. The normalized spacial score (nSPS) is 22.7. The molecule has 1 aromatic carbocycles. The fourth-order valence-electron chi connectivity index (χ4n) is 1.80. The number of nitrogens with one attached hydrogen (secondary N) is 1. The van der Waals surface area contributed by atoms with Crippen molar-refractivity contribution in [3.63, 3.8) is 0 Å². The number of anilines is 1. The minimum absolute atomic E-state index is 0.252. The highest BCUT2D eigenvalue weighted by Gasteiger charge is 2.17. The van der Waals surface area contributed by atoms with Crippen LogP contribution in [0.2, 0.25) is 0 Å². The second-order valence-electron chi connectivity index (χ2n) is 3.86. The zero-order chi connectivity index (χ0) is 10.7. The van der Waals surface area contributed by atoms with Gasteiger partial charge in [-0.25, -0.2) is 9.40 Å². The Bertz CT molecular complexity index is 332. The highest BCUT2D eigenvalue weighted by molar-refractivity contribution is 5.42. The molecule has 1 saturated heterocycles. The predicted molar refractivity (Wildman–Crippen MR) is 56.8 cm³/mol. The Hall–Kier alpha value is -1.13. The molecule has 0 spiro atoms. The maximum Gasteiger partial charge on any atom is 0.125 e. The summed E-state index contributed by atoms with van der Waals surface area (Å²) in [6, 6.07) is 6.33. The molecule has 0 aromatic heterocycles. The molecule has 1 unspecified atom stereocenters. The Morgan fingerprint density at radius 1 is 1.47 bits per heavy atom. The fourth-order valence-corrected chi connectivity index (χ4v) is 1.80. The van der Waals surface area contributed by atoms with Crippen LogP contribution in [0.1, 0.15) is 12.8 Å². The van der Waals surface area contributed by atoms with Gasteiger partial charge >= 0.3 is 0 Å². The van der Waals surface area contributed by atoms with Crippen LogP contribution in [0.5, 0.6) is 0 Å². The number of benzene rings is 1. The van der Waals surface area contributed by atoms with Gasteiger partial charge in [-0.1, -0.05) is 6.07 Å². The molecule has 3 nitrogen and oxygen atoms in total. The van der Waals surface area contributed by atoms with E-state index < -0.39 is 0 Å². The molecule has 1 atom stereocenters. The maximum atomic E-state index is 12.9. The van der Waals surface area contributed by atoms with Crippen LogP contribution in [-0.4, -0.2) is 29.3 Å². The van der Waals surface area contributed by atoms with Gasteiger partial charge in [0.05, 0.1) is 11.8 Å². The lowest BCUT2D eigenvalue weighted by Gasteiger charge is -2.30. The lowest BCUT2D eigenvalue weighted by atomic mass is 10.1. The lowest BCUT2D eigenvalue weighted by Crippen LogP contribution is -2.41. The standard InChI is InChI=1S/C11H15FN2O/c12-9-3-1-4-10(7-9)13-14-6-2-5-11(15)8-14/h1,3-4,7,11,13,15H,2,5-6,8H2. The summed E-state index contributed by atoms with van der Waals surface area (Å²) < 4.78 is 12.9. The zero-order valence-electron chi connectivity index (χ0n) is 8.49. The molecule has 1 aromatic rings. The summed E-state index contributed by atoms with van der Waals surface area (Å²) in [7, 11) is 0. The molecule has 0 saturated carbocycles. The van der Waals surface area contributed by atoms with Gasteiger partial charge in [-0.15, -0.1) is 0 Å². The van der Waals surface area contributed by atoms with Crippen molar-refractivity contribution < 1.29 is 9.50 Å². The van der Waals surface area contributed by atoms with Crippen molar-refractivity contribution in [2.24, 2.45) is 0 Å². The Kier molecular flexibility index (Phi) is 3.18. The van der Waals surface area contributed by atoms with Gasteiger partial charge in [0.2, 0.25) is 0 Å². The second kappa shape index (κ2) is 4.59. The van der Waals surface area contributed by atoms with Gasteiger partial charge in [0.25, 0.3) is 0 Å². The van der Waals surface area contributed by atoms with Gasteiger partial charge in [-0.3, -0.25) is 0 Å². The van der Waals surface area contributed by atoms with Crippen LogP contribution in [0.4, 0.5) is 10.1 Å². The highest BCUT2D eigenvalue weighted by Crippen LogP contribution is 2.14. The van der Waals surface area contributed by atoms with Gasteiger partial charge in [-0.2, -0.15) is 0 Å². The molecule has 0 amide bonds. The minimum atomic E-state index is -0.278. The van der Waals surface area contributed by atoms with Gasteiger partial charge in [0.1, 0.15) is 5.82 Å². The molecule has 0 radical (unpaired) electrons. The number of aliphatic hydroxyl groups is 1. The third-order valence-corrected chi connectivity index (χ3v) is 2.51. The minimum Gasteiger partial charge on any atom is -0.392 e. The summed E-state index contributed by atoms with van der Waals surface area (Å²) in [4.78, 5) is 0. The van der Waals surface area contributed by atoms with E-state index in [-0.39, 0.29) is 11.9 Å². The Morgan fingerprint density at radius 2 is 2.33 bits per heavy atom. The highest BCUT2D eigenvalue weighted by atomic mass is 19.1. The molecule has 1 fully saturated rings. The lowest BCUT2D eigenvalue weighted by molar-refractivity contribution is 0.0838. The van der Waals surface area contributed by atoms with Crippen molar-refractivity contribution in [3.8, 4) is 0 Å². The third-order valence-electron chi connectivity index (χ3n) is 2.51. The first-order chi connectivity index (χ1) is 7.24. The van der Waals surface area contributed by atoms with E-state index in [0.717, 1.165) is 25.1 Å². The molecule has 0 bridgehead atoms. The van der Waals surface area contributed by atoms with Gasteiger partial charge in [0, 0.05) is 13.1 Å². The molecule has 4 heteroatoms. The van der Waals surface area contributed by atoms with E-state index in [2.05, 4.69) is 5.43 Å². The Labute approximate surface area is 88.5 Å². The van der Waals surface area contributed by atoms with Gasteiger partial charge in [-0.05, 0) is 31.0 Å². The van der Waals surface area contributed by atoms with Crippen molar-refractivity contribution in [1.29, 1.82) is 0 Å². The Morgan fingerprint density at radius 3 is 3.07 bits per heavy atom. The van der Waals surface area contributed by atoms with Crippen LogP contribution >= 0.6 is 0 Å². The van der Waals surface area contributed by atoms with E-state index in [1.807, 2.05) is 11.1 Å². The fraction of sp³-hybridized carbons (Fsp3) is 0.455. The molecule has 1 aliphatic rings. The van der Waals surface area contributed by atoms with E-state index in [4.69, 9.17) is 0 Å². The van der Waals surface area contributed by atoms with E-state index in [9.17, 15) is 9.50 Å². The third kappa shape index (κ3) is 2.91. The molecular formula is C11H15FN2O. The number of β-amino-alcohol motifs (C(OH)–C–C–N with tert-alkyl or cyclic N) is 1. The van der Waals surface area contributed by atoms with Crippen molar-refractivity contribution in [2.45, 2.75) is 18.9 Å². The van der Waals surface area contributed by atoms with Gasteiger partial charge in [0.15, 0.2) is 0 Å². The summed E-state index contributed by atoms with van der Waals surface area (Å²) in [6.45, 7) is 1.48. The number of hydrazine groups is 1. The zero-order valence-corrected chi connectivity index (χ0v) is 8.49. The number of nitrogens with zero attached hydrogens (tertiary/aromatic N) is 1. The van der Waals surface area contributed by atoms with Crippen LogP contribution in [-0.2, 0) is 0 Å². The summed E-state index contributed by atoms with van der Waals surface area (Å²) in [6.07, 6.45) is 1.53. The van der Waals surface area contributed by atoms with E-state index in [1.165, 1.54) is 12.1 Å². The molecule has 1 aliphatic heterocycles. The largest absolute Gasteiger partial charge is 0.392 e. The Balaban J connectivity index is 1.96. The summed E-state index contributed by atoms with van der Waals surface area (Å²) in [5, 5.41) is 11.4. The molecular weight excluding hydrogens is 195 g/mol. The average molecular weight is 210 g/mol. The number of piperidine rings is 1. The van der Waals surface area contributed by atoms with Crippen LogP contribution in [0.3, 0.4) is 0 Å². The van der Waals surface area contributed by atoms with Crippen molar-refractivity contribution in [1.82, 2.24) is 5.01 Å². The topological polar surface area (TPSA) is 35.5 Å². The van der Waals surface area contributed by atoms with E-state index in [0.29, 0.717) is 6.54 Å². The number of aliphatic hydroxyl groups excluding tert-OH is 1. The number of halogens is 1. The first-order valence-electron chi connectivity index (χ1n) is 5.19. The van der Waals surface area contributed by atoms with Crippen molar-refractivity contribution in [2.75, 3.05) is 18.5 Å². The maximum absolute atomic E-state index is 12.9. The van der Waals surface area contributed by atoms with Gasteiger partial charge < -0.3 is 10.5 Å². The molecule has 2 rings (SSSR count). The van der Waals surface area contributed by atoms with Crippen molar-refractivity contribution in [3.05, 3.63) is 30.1 Å². The second-order valence-corrected chi connectivity index (χ2v) is 3.86. The first kappa shape index (κ1) is 10.4. The smallest absolute Gasteiger partial charge is 0.125 e. The predicted octanol–water partition coefficient (Wildman–Crippen LogP) is 1.61. The van der Waals surface area contributed by atoms with Crippen LogP contribution in [0.15, 0.2) is 24.3 Å². The SMILES string of the molecule is OC1CCCN(Nc2cccc(F)c2)C1. The molecule has 0 aliphatic carbocycles. The van der Waals surface area contributed by atoms with Crippen LogP contribution in [0, 0.1) is 5.82 Å². The summed E-state index contributed by atoms with van der Waals surface area (Å²) in [5.41, 5.74) is 3.81.